The predicted octanol–water partition coefficient (Wildman–Crippen LogP) is 2.14. The van der Waals surface area contributed by atoms with Crippen LogP contribution < -0.4 is 15.9 Å². The zero-order valence-electron chi connectivity index (χ0n) is 9.24. The summed E-state index contributed by atoms with van der Waals surface area (Å²) in [6.07, 6.45) is 1.40. The Morgan fingerprint density at radius 2 is 1.94 bits per heavy atom. The highest BCUT2D eigenvalue weighted by Gasteiger charge is 2.10. The fourth-order valence-electron chi connectivity index (χ4n) is 1.07. The number of benzene rings is 1. The zero-order valence-corrected chi connectivity index (χ0v) is 12.4. The molecule has 18 heavy (non-hydrogen) atoms. The summed E-state index contributed by atoms with van der Waals surface area (Å²) in [7, 11) is 0. The van der Waals surface area contributed by atoms with Crippen LogP contribution in [-0.2, 0) is 4.79 Å². The minimum absolute atomic E-state index is 0.377. The van der Waals surface area contributed by atoms with Crippen molar-refractivity contribution in [2.75, 3.05) is 0 Å². The molecule has 1 aromatic carbocycles. The first kappa shape index (κ1) is 14.7. The van der Waals surface area contributed by atoms with Crippen LogP contribution in [0.5, 0.6) is 5.75 Å². The molecule has 0 radical (unpaired) electrons. The Kier molecular flexibility index (Phi) is 5.29. The van der Waals surface area contributed by atoms with Gasteiger partial charge in [-0.15, -0.1) is 0 Å². The first-order valence-electron chi connectivity index (χ1n) is 4.66. The average Bonchev–Trinajstić information content (AvgIpc) is 2.22. The number of halogens is 2. The van der Waals surface area contributed by atoms with Gasteiger partial charge in [-0.25, -0.2) is 10.2 Å². The lowest BCUT2D eigenvalue weighted by Crippen LogP contribution is -2.24. The van der Waals surface area contributed by atoms with Crippen molar-refractivity contribution in [1.82, 2.24) is 5.43 Å². The second-order valence-corrected chi connectivity index (χ2v) is 4.85. The van der Waals surface area contributed by atoms with E-state index in [2.05, 4.69) is 42.4 Å². The van der Waals surface area contributed by atoms with E-state index in [9.17, 15) is 9.59 Å². The average molecular weight is 379 g/mol. The van der Waals surface area contributed by atoms with Gasteiger partial charge in [0.2, 0.25) is 0 Å². The minimum Gasteiger partial charge on any atom is -0.424 e. The van der Waals surface area contributed by atoms with E-state index in [1.54, 1.807) is 12.1 Å². The normalized spacial score (nSPS) is 10.4. The Labute approximate surface area is 120 Å². The number of nitrogens with two attached hydrogens (primary N) is 1. The SMILES string of the molecule is CC(=O)Oc1c(Br)cc(C=NNC(N)=O)cc1Br. The number of amides is 2. The van der Waals surface area contributed by atoms with Crippen LogP contribution in [0, 0.1) is 0 Å². The molecule has 0 saturated carbocycles. The van der Waals surface area contributed by atoms with Gasteiger partial charge < -0.3 is 10.5 Å². The lowest BCUT2D eigenvalue weighted by Gasteiger charge is -2.07. The summed E-state index contributed by atoms with van der Waals surface area (Å²) in [5, 5.41) is 3.61. The first-order chi connectivity index (χ1) is 8.40. The number of esters is 1. The molecule has 2 amide bonds. The van der Waals surface area contributed by atoms with Gasteiger partial charge in [0, 0.05) is 6.92 Å². The maximum atomic E-state index is 10.9. The van der Waals surface area contributed by atoms with Crippen molar-refractivity contribution in [3.8, 4) is 5.75 Å². The van der Waals surface area contributed by atoms with Gasteiger partial charge in [-0.1, -0.05) is 0 Å². The van der Waals surface area contributed by atoms with Gasteiger partial charge in [0.05, 0.1) is 15.2 Å². The number of carbonyl (C=O) groups excluding carboxylic acids is 2. The van der Waals surface area contributed by atoms with Crippen molar-refractivity contribution in [2.45, 2.75) is 6.92 Å². The molecular weight excluding hydrogens is 370 g/mol. The molecule has 0 spiro atoms. The van der Waals surface area contributed by atoms with Crippen LogP contribution in [0.25, 0.3) is 0 Å². The first-order valence-corrected chi connectivity index (χ1v) is 6.24. The standard InChI is InChI=1S/C10H9Br2N3O3/c1-5(16)18-9-7(11)2-6(3-8(9)12)4-14-15-10(13)17/h2-4H,1H3,(H3,13,15,17). The maximum absolute atomic E-state index is 10.9. The van der Waals surface area contributed by atoms with Crippen LogP contribution in [0.1, 0.15) is 12.5 Å². The minimum atomic E-state index is -0.749. The summed E-state index contributed by atoms with van der Waals surface area (Å²) < 4.78 is 6.16. The molecule has 1 rings (SSSR count). The fourth-order valence-corrected chi connectivity index (χ4v) is 2.45. The molecule has 0 unspecified atom stereocenters. The molecule has 0 aromatic heterocycles. The lowest BCUT2D eigenvalue weighted by atomic mass is 10.2. The molecule has 0 aliphatic rings. The number of rotatable bonds is 3. The van der Waals surface area contributed by atoms with Gasteiger partial charge in [0.25, 0.3) is 0 Å². The molecule has 0 aliphatic carbocycles. The van der Waals surface area contributed by atoms with Crippen LogP contribution in [0.15, 0.2) is 26.2 Å². The molecule has 0 atom stereocenters. The highest BCUT2D eigenvalue weighted by molar-refractivity contribution is 9.11. The van der Waals surface area contributed by atoms with E-state index in [0.29, 0.717) is 20.3 Å². The summed E-state index contributed by atoms with van der Waals surface area (Å²) >= 11 is 6.53. The Bertz CT molecular complexity index is 494. The molecule has 1 aromatic rings. The molecule has 0 bridgehead atoms. The van der Waals surface area contributed by atoms with Crippen LogP contribution >= 0.6 is 31.9 Å². The Balaban J connectivity index is 2.95. The quantitative estimate of drug-likeness (QED) is 0.365. The van der Waals surface area contributed by atoms with Crippen molar-refractivity contribution in [3.63, 3.8) is 0 Å². The van der Waals surface area contributed by atoms with E-state index in [0.717, 1.165) is 0 Å². The third kappa shape index (κ3) is 4.46. The van der Waals surface area contributed by atoms with Gasteiger partial charge in [-0.05, 0) is 49.6 Å². The van der Waals surface area contributed by atoms with Crippen LogP contribution in [0.3, 0.4) is 0 Å². The summed E-state index contributed by atoms with van der Waals surface area (Å²) in [4.78, 5) is 21.3. The molecule has 96 valence electrons. The van der Waals surface area contributed by atoms with E-state index in [4.69, 9.17) is 10.5 Å². The molecule has 8 heteroatoms. The monoisotopic (exact) mass is 377 g/mol. The third-order valence-electron chi connectivity index (χ3n) is 1.65. The molecule has 0 saturated heterocycles. The van der Waals surface area contributed by atoms with Gasteiger partial charge >= 0.3 is 12.0 Å². The maximum Gasteiger partial charge on any atom is 0.332 e. The molecule has 3 N–H and O–H groups in total. The third-order valence-corrected chi connectivity index (χ3v) is 2.83. The number of urea groups is 1. The Hall–Kier alpha value is -1.41. The number of nitrogens with zero attached hydrogens (tertiary/aromatic N) is 1. The molecule has 6 nitrogen and oxygen atoms in total. The van der Waals surface area contributed by atoms with E-state index < -0.39 is 12.0 Å². The topological polar surface area (TPSA) is 93.8 Å². The largest absolute Gasteiger partial charge is 0.424 e. The van der Waals surface area contributed by atoms with E-state index in [-0.39, 0.29) is 0 Å². The number of hydrogen-bond acceptors (Lipinski definition) is 4. The highest BCUT2D eigenvalue weighted by atomic mass is 79.9. The van der Waals surface area contributed by atoms with Crippen molar-refractivity contribution in [1.29, 1.82) is 0 Å². The zero-order chi connectivity index (χ0) is 13.7. The van der Waals surface area contributed by atoms with Crippen molar-refractivity contribution < 1.29 is 14.3 Å². The number of nitrogens with one attached hydrogen (secondary N) is 1. The van der Waals surface area contributed by atoms with Crippen molar-refractivity contribution in [2.24, 2.45) is 10.8 Å². The predicted molar refractivity (Wildman–Crippen MR) is 73.5 cm³/mol. The van der Waals surface area contributed by atoms with Crippen LogP contribution in [0.4, 0.5) is 4.79 Å². The lowest BCUT2D eigenvalue weighted by molar-refractivity contribution is -0.131. The van der Waals surface area contributed by atoms with Crippen molar-refractivity contribution >= 4 is 50.1 Å². The number of primary amides is 1. The second-order valence-electron chi connectivity index (χ2n) is 3.14. The highest BCUT2D eigenvalue weighted by Crippen LogP contribution is 2.34. The van der Waals surface area contributed by atoms with Gasteiger partial charge in [-0.2, -0.15) is 5.10 Å². The second kappa shape index (κ2) is 6.50. The van der Waals surface area contributed by atoms with Crippen molar-refractivity contribution in [3.05, 3.63) is 26.6 Å². The van der Waals surface area contributed by atoms with E-state index >= 15 is 0 Å². The van der Waals surface area contributed by atoms with Gasteiger partial charge in [0.15, 0.2) is 5.75 Å². The van der Waals surface area contributed by atoms with E-state index in [1.165, 1.54) is 13.1 Å². The number of ether oxygens (including phenoxy) is 1. The fraction of sp³-hybridized carbons (Fsp3) is 0.100. The molecule has 0 aliphatic heterocycles. The van der Waals surface area contributed by atoms with Crippen LogP contribution in [-0.4, -0.2) is 18.2 Å². The summed E-state index contributed by atoms with van der Waals surface area (Å²) in [6, 6.07) is 2.60. The number of hydrazone groups is 1. The smallest absolute Gasteiger partial charge is 0.332 e. The van der Waals surface area contributed by atoms with E-state index in [1.807, 2.05) is 0 Å². The summed E-state index contributed by atoms with van der Waals surface area (Å²) in [6.45, 7) is 1.31. The molecular formula is C10H9Br2N3O3. The van der Waals surface area contributed by atoms with Crippen LogP contribution in [0.2, 0.25) is 0 Å². The van der Waals surface area contributed by atoms with Gasteiger partial charge in [0.1, 0.15) is 0 Å². The number of hydrogen-bond donors (Lipinski definition) is 2. The Morgan fingerprint density at radius 1 is 1.39 bits per heavy atom. The summed E-state index contributed by atoms with van der Waals surface area (Å²) in [5.74, 6) is -0.0456. The summed E-state index contributed by atoms with van der Waals surface area (Å²) in [5.41, 5.74) is 7.61. The number of carbonyl (C=O) groups is 2. The molecule has 0 fully saturated rings. The van der Waals surface area contributed by atoms with Gasteiger partial charge in [-0.3, -0.25) is 4.79 Å². The Morgan fingerprint density at radius 3 is 2.39 bits per heavy atom. The molecule has 0 heterocycles.